The molecule has 9 aromatic rings. The quantitative estimate of drug-likeness (QED) is 0.212. The molecule has 0 amide bonds. The Morgan fingerprint density at radius 2 is 0.886 bits per heavy atom. The molecule has 3 aromatic heterocycles. The average molecular weight is 566 g/mol. The zero-order chi connectivity index (χ0) is 29.0. The van der Waals surface area contributed by atoms with E-state index in [-0.39, 0.29) is 0 Å². The van der Waals surface area contributed by atoms with Gasteiger partial charge in [0.2, 0.25) is 0 Å². The summed E-state index contributed by atoms with van der Waals surface area (Å²) in [6.07, 6.45) is 0. The Bertz CT molecular complexity index is 2440. The van der Waals surface area contributed by atoms with Crippen LogP contribution >= 0.6 is 0 Å². The van der Waals surface area contributed by atoms with Gasteiger partial charge in [0.15, 0.2) is 17.5 Å². The number of nitrogens with zero attached hydrogens (tertiary/aromatic N) is 3. The lowest BCUT2D eigenvalue weighted by atomic mass is 9.93. The standard InChI is InChI=1S/C39H23N3O2/c1-3-11-24(12-4-1)37-40-38(25-13-5-2-6-14-25)42-39(41-37)36-27(20-22-34-35(36)29-16-8-10-18-32(29)44-34)26-19-21-33-30(23-26)28-15-7-9-17-31(28)43-33/h1-23H. The minimum atomic E-state index is 0.585. The molecule has 0 aliphatic rings. The van der Waals surface area contributed by atoms with Crippen molar-refractivity contribution < 1.29 is 8.83 Å². The van der Waals surface area contributed by atoms with Crippen LogP contribution in [0.2, 0.25) is 0 Å². The average Bonchev–Trinajstić information content (AvgIpc) is 3.66. The maximum absolute atomic E-state index is 6.36. The molecular formula is C39H23N3O2. The lowest BCUT2D eigenvalue weighted by Crippen LogP contribution is -2.01. The first-order valence-electron chi connectivity index (χ1n) is 14.5. The van der Waals surface area contributed by atoms with E-state index in [1.807, 2.05) is 109 Å². The van der Waals surface area contributed by atoms with Crippen LogP contribution in [-0.4, -0.2) is 15.0 Å². The molecule has 0 radical (unpaired) electrons. The Hall–Kier alpha value is -6.07. The minimum absolute atomic E-state index is 0.585. The van der Waals surface area contributed by atoms with E-state index in [9.17, 15) is 0 Å². The van der Waals surface area contributed by atoms with Crippen LogP contribution in [0.25, 0.3) is 89.2 Å². The van der Waals surface area contributed by atoms with Crippen LogP contribution < -0.4 is 0 Å². The van der Waals surface area contributed by atoms with Crippen molar-refractivity contribution in [2.24, 2.45) is 0 Å². The van der Waals surface area contributed by atoms with Gasteiger partial charge in [-0.3, -0.25) is 0 Å². The third kappa shape index (κ3) is 3.91. The lowest BCUT2D eigenvalue weighted by Gasteiger charge is -2.13. The van der Waals surface area contributed by atoms with Crippen LogP contribution in [0.15, 0.2) is 148 Å². The zero-order valence-corrected chi connectivity index (χ0v) is 23.4. The molecule has 0 bridgehead atoms. The Labute approximate surface area is 252 Å². The number of furan rings is 2. The van der Waals surface area contributed by atoms with Crippen LogP contribution in [0.5, 0.6) is 0 Å². The van der Waals surface area contributed by atoms with Gasteiger partial charge in [-0.2, -0.15) is 0 Å². The Morgan fingerprint density at radius 3 is 1.59 bits per heavy atom. The molecule has 3 heterocycles. The SMILES string of the molecule is c1ccc(-c2nc(-c3ccccc3)nc(-c3c(-c4ccc5oc6ccccc6c5c4)ccc4oc5ccccc5c34)n2)cc1. The van der Waals surface area contributed by atoms with E-state index in [1.54, 1.807) is 0 Å². The van der Waals surface area contributed by atoms with Gasteiger partial charge in [0, 0.05) is 38.2 Å². The first-order valence-corrected chi connectivity index (χ1v) is 14.5. The summed E-state index contributed by atoms with van der Waals surface area (Å²) in [6.45, 7) is 0. The molecule has 44 heavy (non-hydrogen) atoms. The first-order chi connectivity index (χ1) is 21.8. The fraction of sp³-hybridized carbons (Fsp3) is 0. The molecular weight excluding hydrogens is 542 g/mol. The second-order valence-electron chi connectivity index (χ2n) is 10.8. The van der Waals surface area contributed by atoms with Gasteiger partial charge < -0.3 is 8.83 Å². The highest BCUT2D eigenvalue weighted by Gasteiger charge is 2.22. The molecule has 0 fully saturated rings. The number of rotatable bonds is 4. The second-order valence-corrected chi connectivity index (χ2v) is 10.8. The molecule has 6 aromatic carbocycles. The van der Waals surface area contributed by atoms with Crippen LogP contribution in [0.3, 0.4) is 0 Å². The van der Waals surface area contributed by atoms with Crippen molar-refractivity contribution in [3.05, 3.63) is 140 Å². The van der Waals surface area contributed by atoms with Gasteiger partial charge >= 0.3 is 0 Å². The predicted octanol–water partition coefficient (Wildman–Crippen LogP) is 10.3. The van der Waals surface area contributed by atoms with Crippen LogP contribution in [0.4, 0.5) is 0 Å². The highest BCUT2D eigenvalue weighted by molar-refractivity contribution is 6.16. The maximum Gasteiger partial charge on any atom is 0.165 e. The van der Waals surface area contributed by atoms with Gasteiger partial charge in [0.05, 0.1) is 0 Å². The van der Waals surface area contributed by atoms with E-state index in [1.165, 1.54) is 0 Å². The van der Waals surface area contributed by atoms with Crippen LogP contribution in [0.1, 0.15) is 0 Å². The van der Waals surface area contributed by atoms with Gasteiger partial charge in [-0.15, -0.1) is 0 Å². The third-order valence-electron chi connectivity index (χ3n) is 8.15. The number of para-hydroxylation sites is 2. The Balaban J connectivity index is 1.39. The number of hydrogen-bond acceptors (Lipinski definition) is 5. The molecule has 9 rings (SSSR count). The molecule has 0 N–H and O–H groups in total. The van der Waals surface area contributed by atoms with Crippen LogP contribution in [0, 0.1) is 0 Å². The van der Waals surface area contributed by atoms with Crippen molar-refractivity contribution in [2.45, 2.75) is 0 Å². The monoisotopic (exact) mass is 565 g/mol. The van der Waals surface area contributed by atoms with Gasteiger partial charge in [-0.05, 0) is 47.5 Å². The van der Waals surface area contributed by atoms with E-state index in [0.29, 0.717) is 17.5 Å². The number of aromatic nitrogens is 3. The fourth-order valence-electron chi connectivity index (χ4n) is 6.10. The van der Waals surface area contributed by atoms with Crippen LogP contribution in [-0.2, 0) is 0 Å². The molecule has 0 saturated heterocycles. The smallest absolute Gasteiger partial charge is 0.165 e. The van der Waals surface area contributed by atoms with Gasteiger partial charge in [-0.1, -0.05) is 103 Å². The molecule has 0 saturated carbocycles. The van der Waals surface area contributed by atoms with Gasteiger partial charge in [0.25, 0.3) is 0 Å². The summed E-state index contributed by atoms with van der Waals surface area (Å²) in [4.78, 5) is 15.2. The second kappa shape index (κ2) is 9.75. The van der Waals surface area contributed by atoms with Crippen molar-refractivity contribution in [2.75, 3.05) is 0 Å². The predicted molar refractivity (Wildman–Crippen MR) is 176 cm³/mol. The van der Waals surface area contributed by atoms with E-state index in [0.717, 1.165) is 71.7 Å². The fourth-order valence-corrected chi connectivity index (χ4v) is 6.10. The molecule has 0 aliphatic carbocycles. The third-order valence-corrected chi connectivity index (χ3v) is 8.15. The molecule has 0 spiro atoms. The largest absolute Gasteiger partial charge is 0.456 e. The number of fused-ring (bicyclic) bond motifs is 6. The van der Waals surface area contributed by atoms with Crippen molar-refractivity contribution in [3.63, 3.8) is 0 Å². The molecule has 0 atom stereocenters. The number of hydrogen-bond donors (Lipinski definition) is 0. The highest BCUT2D eigenvalue weighted by Crippen LogP contribution is 2.43. The van der Waals surface area contributed by atoms with Gasteiger partial charge in [-0.25, -0.2) is 15.0 Å². The summed E-state index contributed by atoms with van der Waals surface area (Å²) in [5.74, 6) is 1.81. The summed E-state index contributed by atoms with van der Waals surface area (Å²) >= 11 is 0. The van der Waals surface area contributed by atoms with E-state index < -0.39 is 0 Å². The zero-order valence-electron chi connectivity index (χ0n) is 23.4. The summed E-state index contributed by atoms with van der Waals surface area (Å²) in [7, 11) is 0. The summed E-state index contributed by atoms with van der Waals surface area (Å²) < 4.78 is 12.5. The molecule has 0 unspecified atom stereocenters. The Kier molecular flexibility index (Phi) is 5.43. The normalized spacial score (nSPS) is 11.6. The van der Waals surface area contributed by atoms with E-state index in [2.05, 4.69) is 30.3 Å². The Morgan fingerprint density at radius 1 is 0.364 bits per heavy atom. The minimum Gasteiger partial charge on any atom is -0.456 e. The van der Waals surface area contributed by atoms with E-state index >= 15 is 0 Å². The lowest BCUT2D eigenvalue weighted by molar-refractivity contribution is 0.668. The summed E-state index contributed by atoms with van der Waals surface area (Å²) in [5.41, 5.74) is 8.10. The summed E-state index contributed by atoms with van der Waals surface area (Å²) in [5, 5.41) is 4.13. The number of benzene rings is 6. The van der Waals surface area contributed by atoms with E-state index in [4.69, 9.17) is 23.8 Å². The van der Waals surface area contributed by atoms with Crippen molar-refractivity contribution in [1.82, 2.24) is 15.0 Å². The van der Waals surface area contributed by atoms with Crippen molar-refractivity contribution in [1.29, 1.82) is 0 Å². The first kappa shape index (κ1) is 24.5. The molecule has 206 valence electrons. The molecule has 5 heteroatoms. The maximum atomic E-state index is 6.36. The van der Waals surface area contributed by atoms with Gasteiger partial charge in [0.1, 0.15) is 22.3 Å². The topological polar surface area (TPSA) is 65.0 Å². The highest BCUT2D eigenvalue weighted by atomic mass is 16.3. The van der Waals surface area contributed by atoms with Crippen molar-refractivity contribution in [3.8, 4) is 45.3 Å². The molecule has 5 nitrogen and oxygen atoms in total. The summed E-state index contributed by atoms with van der Waals surface area (Å²) in [6, 6.07) is 46.9. The van der Waals surface area contributed by atoms with Crippen molar-refractivity contribution >= 4 is 43.9 Å². The molecule has 0 aliphatic heterocycles.